The van der Waals surface area contributed by atoms with E-state index in [4.69, 9.17) is 18.9 Å². The Morgan fingerprint density at radius 2 is 1.55 bits per heavy atom. The molecule has 20 heavy (non-hydrogen) atoms. The van der Waals surface area contributed by atoms with Crippen molar-refractivity contribution in [2.75, 3.05) is 13.2 Å². The fourth-order valence-corrected chi connectivity index (χ4v) is 3.90. The molecule has 0 amide bonds. The van der Waals surface area contributed by atoms with Gasteiger partial charge in [-0.25, -0.2) is 0 Å². The second kappa shape index (κ2) is 5.76. The maximum absolute atomic E-state index is 6.37. The first kappa shape index (κ1) is 13.3. The summed E-state index contributed by atoms with van der Waals surface area (Å²) >= 11 is 0. The minimum atomic E-state index is 0.134. The van der Waals surface area contributed by atoms with E-state index in [9.17, 15) is 0 Å². The van der Waals surface area contributed by atoms with Gasteiger partial charge in [-0.05, 0) is 32.1 Å². The highest BCUT2D eigenvalue weighted by Gasteiger charge is 2.42. The van der Waals surface area contributed by atoms with Crippen LogP contribution in [-0.2, 0) is 18.9 Å². The molecule has 0 saturated carbocycles. The van der Waals surface area contributed by atoms with Crippen LogP contribution in [0.25, 0.3) is 0 Å². The molecule has 0 N–H and O–H groups in total. The number of ether oxygens (including phenoxy) is 4. The molecule has 112 valence electrons. The SMILES string of the molecule is C1=C\[C@H]2OCCC[C@@H]2O[C@@H]2C[C@@H]3OCCC[C@H]3O[C@H]2C/1. The summed E-state index contributed by atoms with van der Waals surface area (Å²) in [6, 6.07) is 0. The van der Waals surface area contributed by atoms with Gasteiger partial charge in [0.2, 0.25) is 0 Å². The molecule has 0 radical (unpaired) electrons. The third kappa shape index (κ3) is 2.54. The number of hydrogen-bond donors (Lipinski definition) is 0. The predicted molar refractivity (Wildman–Crippen MR) is 73.6 cm³/mol. The third-order valence-electron chi connectivity index (χ3n) is 4.96. The minimum absolute atomic E-state index is 0.134. The fraction of sp³-hybridized carbons (Fsp3) is 0.875. The Hall–Kier alpha value is -0.420. The second-order valence-corrected chi connectivity index (χ2v) is 6.35. The van der Waals surface area contributed by atoms with Crippen LogP contribution in [-0.4, -0.2) is 49.8 Å². The quantitative estimate of drug-likeness (QED) is 0.638. The van der Waals surface area contributed by atoms with Crippen LogP contribution in [0.3, 0.4) is 0 Å². The molecule has 3 fully saturated rings. The molecule has 4 heteroatoms. The molecule has 0 aromatic rings. The van der Waals surface area contributed by atoms with E-state index in [-0.39, 0.29) is 36.6 Å². The lowest BCUT2D eigenvalue weighted by molar-refractivity contribution is -0.233. The first-order chi connectivity index (χ1) is 9.90. The summed E-state index contributed by atoms with van der Waals surface area (Å²) < 4.78 is 24.3. The Morgan fingerprint density at radius 1 is 0.750 bits per heavy atom. The Labute approximate surface area is 120 Å². The molecule has 4 heterocycles. The van der Waals surface area contributed by atoms with E-state index in [2.05, 4.69) is 12.2 Å². The van der Waals surface area contributed by atoms with Crippen LogP contribution in [0.15, 0.2) is 12.2 Å². The van der Waals surface area contributed by atoms with Crippen molar-refractivity contribution in [1.82, 2.24) is 0 Å². The van der Waals surface area contributed by atoms with E-state index < -0.39 is 0 Å². The van der Waals surface area contributed by atoms with Gasteiger partial charge in [-0.2, -0.15) is 0 Å². The van der Waals surface area contributed by atoms with Gasteiger partial charge in [0.1, 0.15) is 6.10 Å². The predicted octanol–water partition coefficient (Wildman–Crippen LogP) is 2.22. The Balaban J connectivity index is 1.50. The minimum Gasteiger partial charge on any atom is -0.375 e. The zero-order valence-corrected chi connectivity index (χ0v) is 11.9. The Kier molecular flexibility index (Phi) is 3.82. The smallest absolute Gasteiger partial charge is 0.102 e. The molecule has 0 aromatic carbocycles. The average Bonchev–Trinajstić information content (AvgIpc) is 2.47. The van der Waals surface area contributed by atoms with E-state index in [1.807, 2.05) is 0 Å². The summed E-state index contributed by atoms with van der Waals surface area (Å²) in [6.07, 6.45) is 11.9. The van der Waals surface area contributed by atoms with Gasteiger partial charge in [-0.1, -0.05) is 12.2 Å². The van der Waals surface area contributed by atoms with Crippen molar-refractivity contribution in [3.05, 3.63) is 12.2 Å². The Morgan fingerprint density at radius 3 is 2.50 bits per heavy atom. The summed E-state index contributed by atoms with van der Waals surface area (Å²) in [5.74, 6) is 0. The van der Waals surface area contributed by atoms with Gasteiger partial charge in [0.05, 0.1) is 30.5 Å². The zero-order chi connectivity index (χ0) is 13.4. The van der Waals surface area contributed by atoms with E-state index >= 15 is 0 Å². The fourth-order valence-electron chi connectivity index (χ4n) is 3.90. The molecule has 6 atom stereocenters. The standard InChI is InChI=1S/C16H24O4/c1-4-11-12(6-2-8-17-11)20-16-10-15-13(7-3-9-18-15)19-14(16)5-1/h1,4,11-16H,2-3,5-10H2/b4-1-/t11-,12+,13-,14+,15+,16-/m1/s1. The highest BCUT2D eigenvalue weighted by Crippen LogP contribution is 2.35. The lowest BCUT2D eigenvalue weighted by atomic mass is 9.90. The largest absolute Gasteiger partial charge is 0.375 e. The van der Waals surface area contributed by atoms with Crippen LogP contribution >= 0.6 is 0 Å². The topological polar surface area (TPSA) is 36.9 Å². The summed E-state index contributed by atoms with van der Waals surface area (Å²) in [6.45, 7) is 1.73. The molecule has 0 unspecified atom stereocenters. The van der Waals surface area contributed by atoms with Crippen molar-refractivity contribution in [2.24, 2.45) is 0 Å². The molecule has 0 bridgehead atoms. The zero-order valence-electron chi connectivity index (χ0n) is 11.9. The van der Waals surface area contributed by atoms with Gasteiger partial charge in [0.15, 0.2) is 0 Å². The van der Waals surface area contributed by atoms with Gasteiger partial charge in [0.25, 0.3) is 0 Å². The van der Waals surface area contributed by atoms with Gasteiger partial charge in [-0.3, -0.25) is 0 Å². The van der Waals surface area contributed by atoms with E-state index in [0.717, 1.165) is 51.7 Å². The molecule has 0 spiro atoms. The van der Waals surface area contributed by atoms with E-state index in [1.54, 1.807) is 0 Å². The van der Waals surface area contributed by atoms with Crippen molar-refractivity contribution >= 4 is 0 Å². The molecule has 4 rings (SSSR count). The van der Waals surface area contributed by atoms with Crippen molar-refractivity contribution in [2.45, 2.75) is 75.1 Å². The summed E-state index contributed by atoms with van der Waals surface area (Å²) in [5, 5.41) is 0. The highest BCUT2D eigenvalue weighted by molar-refractivity contribution is 5.02. The van der Waals surface area contributed by atoms with Crippen LogP contribution in [0.1, 0.15) is 38.5 Å². The molecule has 4 nitrogen and oxygen atoms in total. The summed E-state index contributed by atoms with van der Waals surface area (Å²) in [5.41, 5.74) is 0. The average molecular weight is 280 g/mol. The molecule has 4 aliphatic rings. The highest BCUT2D eigenvalue weighted by atomic mass is 16.6. The van der Waals surface area contributed by atoms with E-state index in [1.165, 1.54) is 0 Å². The Bertz CT molecular complexity index is 369. The molecule has 0 aromatic heterocycles. The van der Waals surface area contributed by atoms with Gasteiger partial charge >= 0.3 is 0 Å². The molecule has 3 saturated heterocycles. The van der Waals surface area contributed by atoms with Gasteiger partial charge < -0.3 is 18.9 Å². The monoisotopic (exact) mass is 280 g/mol. The first-order valence-electron chi connectivity index (χ1n) is 8.11. The van der Waals surface area contributed by atoms with Crippen LogP contribution < -0.4 is 0 Å². The molecule has 4 aliphatic heterocycles. The molecule has 0 aliphatic carbocycles. The third-order valence-corrected chi connectivity index (χ3v) is 4.96. The van der Waals surface area contributed by atoms with Crippen molar-refractivity contribution in [1.29, 1.82) is 0 Å². The second-order valence-electron chi connectivity index (χ2n) is 6.35. The van der Waals surface area contributed by atoms with Crippen LogP contribution in [0, 0.1) is 0 Å². The molecular formula is C16H24O4. The lowest BCUT2D eigenvalue weighted by Crippen LogP contribution is -2.53. The summed E-state index contributed by atoms with van der Waals surface area (Å²) in [7, 11) is 0. The van der Waals surface area contributed by atoms with Crippen molar-refractivity contribution < 1.29 is 18.9 Å². The first-order valence-corrected chi connectivity index (χ1v) is 8.11. The maximum Gasteiger partial charge on any atom is 0.102 e. The van der Waals surface area contributed by atoms with Crippen molar-refractivity contribution in [3.63, 3.8) is 0 Å². The summed E-state index contributed by atoms with van der Waals surface area (Å²) in [4.78, 5) is 0. The van der Waals surface area contributed by atoms with Crippen LogP contribution in [0.5, 0.6) is 0 Å². The van der Waals surface area contributed by atoms with E-state index in [0.29, 0.717) is 0 Å². The number of rotatable bonds is 0. The lowest BCUT2D eigenvalue weighted by Gasteiger charge is -2.46. The molecular weight excluding hydrogens is 256 g/mol. The van der Waals surface area contributed by atoms with Crippen LogP contribution in [0.4, 0.5) is 0 Å². The number of fused-ring (bicyclic) bond motifs is 3. The van der Waals surface area contributed by atoms with Crippen molar-refractivity contribution in [3.8, 4) is 0 Å². The van der Waals surface area contributed by atoms with Gasteiger partial charge in [0, 0.05) is 19.6 Å². The van der Waals surface area contributed by atoms with Gasteiger partial charge in [-0.15, -0.1) is 0 Å². The maximum atomic E-state index is 6.37. The van der Waals surface area contributed by atoms with Crippen LogP contribution in [0.2, 0.25) is 0 Å². The number of hydrogen-bond acceptors (Lipinski definition) is 4. The normalized spacial score (nSPS) is 50.0.